The van der Waals surface area contributed by atoms with E-state index in [1.807, 2.05) is 0 Å². The summed E-state index contributed by atoms with van der Waals surface area (Å²) in [6.45, 7) is 1.45. The average molecular weight is 362 g/mol. The molecule has 0 saturated carbocycles. The lowest BCUT2D eigenvalue weighted by molar-refractivity contribution is -0.123. The molecule has 0 bridgehead atoms. The van der Waals surface area contributed by atoms with E-state index >= 15 is 0 Å². The lowest BCUT2D eigenvalue weighted by atomic mass is 10.2. The number of esters is 1. The number of hydrogen-bond donors (Lipinski definition) is 3. The Kier molecular flexibility index (Phi) is 5.97. The predicted octanol–water partition coefficient (Wildman–Crippen LogP) is 3.01. The zero-order valence-corrected chi connectivity index (χ0v) is 14.0. The Bertz CT molecular complexity index is 793. The average Bonchev–Trinajstić information content (AvgIpc) is 2.56. The van der Waals surface area contributed by atoms with Gasteiger partial charge in [-0.1, -0.05) is 17.7 Å². The molecule has 1 atom stereocenters. The van der Waals surface area contributed by atoms with Crippen LogP contribution in [-0.2, 0) is 9.53 Å². The maximum Gasteiger partial charge on any atom is 0.338 e. The van der Waals surface area contributed by atoms with Crippen LogP contribution in [0, 0.1) is 0 Å². The van der Waals surface area contributed by atoms with Crippen LogP contribution in [0.4, 0.5) is 16.2 Å². The first-order valence-corrected chi connectivity index (χ1v) is 7.67. The second kappa shape index (κ2) is 8.16. The van der Waals surface area contributed by atoms with Gasteiger partial charge in [-0.2, -0.15) is 0 Å². The van der Waals surface area contributed by atoms with E-state index in [2.05, 4.69) is 10.6 Å². The Hall–Kier alpha value is -3.06. The molecule has 0 spiro atoms. The highest BCUT2D eigenvalue weighted by molar-refractivity contribution is 6.30. The van der Waals surface area contributed by atoms with Gasteiger partial charge in [-0.3, -0.25) is 4.79 Å². The second-order valence-electron chi connectivity index (χ2n) is 5.11. The molecule has 7 nitrogen and oxygen atoms in total. The highest BCUT2D eigenvalue weighted by Gasteiger charge is 2.19. The van der Waals surface area contributed by atoms with Gasteiger partial charge in [0.15, 0.2) is 6.10 Å². The fourth-order valence-corrected chi connectivity index (χ4v) is 2.05. The van der Waals surface area contributed by atoms with Gasteiger partial charge in [0.2, 0.25) is 0 Å². The summed E-state index contributed by atoms with van der Waals surface area (Å²) in [6, 6.07) is 11.8. The molecule has 0 unspecified atom stereocenters. The standard InChI is InChI=1S/C17H16ClN3O4/c1-10(15(22)20-13-7-5-12(18)6-8-13)25-16(23)11-3-2-4-14(9-11)21-17(19)24/h2-10H,1H3,(H,20,22)(H3,19,21,24)/t10-/m1/s1. The summed E-state index contributed by atoms with van der Waals surface area (Å²) in [6.07, 6.45) is -1.02. The van der Waals surface area contributed by atoms with Crippen molar-refractivity contribution in [3.8, 4) is 0 Å². The van der Waals surface area contributed by atoms with E-state index in [0.717, 1.165) is 0 Å². The molecule has 0 heterocycles. The molecule has 0 saturated heterocycles. The molecule has 8 heteroatoms. The number of nitrogens with two attached hydrogens (primary N) is 1. The Labute approximate surface area is 149 Å². The van der Waals surface area contributed by atoms with Gasteiger partial charge in [0.1, 0.15) is 0 Å². The first-order chi connectivity index (χ1) is 11.8. The van der Waals surface area contributed by atoms with E-state index in [-0.39, 0.29) is 5.56 Å². The van der Waals surface area contributed by atoms with E-state index in [9.17, 15) is 14.4 Å². The molecule has 25 heavy (non-hydrogen) atoms. The second-order valence-corrected chi connectivity index (χ2v) is 5.55. The third-order valence-electron chi connectivity index (χ3n) is 3.13. The molecule has 0 aliphatic rings. The number of carbonyl (C=O) groups is 3. The van der Waals surface area contributed by atoms with Crippen LogP contribution in [0.2, 0.25) is 5.02 Å². The molecule has 2 aromatic carbocycles. The smallest absolute Gasteiger partial charge is 0.338 e. The number of anilines is 2. The van der Waals surface area contributed by atoms with E-state index in [0.29, 0.717) is 16.4 Å². The highest BCUT2D eigenvalue weighted by Crippen LogP contribution is 2.15. The number of ether oxygens (including phenoxy) is 1. The minimum Gasteiger partial charge on any atom is -0.449 e. The van der Waals surface area contributed by atoms with Crippen LogP contribution in [0.5, 0.6) is 0 Å². The quantitative estimate of drug-likeness (QED) is 0.711. The monoisotopic (exact) mass is 361 g/mol. The lowest BCUT2D eigenvalue weighted by Gasteiger charge is -2.14. The minimum absolute atomic E-state index is 0.178. The van der Waals surface area contributed by atoms with Crippen molar-refractivity contribution in [1.82, 2.24) is 0 Å². The summed E-state index contributed by atoms with van der Waals surface area (Å²) >= 11 is 5.78. The highest BCUT2D eigenvalue weighted by atomic mass is 35.5. The van der Waals surface area contributed by atoms with E-state index in [4.69, 9.17) is 22.1 Å². The van der Waals surface area contributed by atoms with Crippen LogP contribution in [0.25, 0.3) is 0 Å². The molecular formula is C17H16ClN3O4. The van der Waals surface area contributed by atoms with Crippen LogP contribution < -0.4 is 16.4 Å². The van der Waals surface area contributed by atoms with Gasteiger partial charge >= 0.3 is 12.0 Å². The molecule has 4 N–H and O–H groups in total. The molecule has 0 radical (unpaired) electrons. The number of carbonyl (C=O) groups excluding carboxylic acids is 3. The lowest BCUT2D eigenvalue weighted by Crippen LogP contribution is -2.30. The van der Waals surface area contributed by atoms with Crippen LogP contribution in [0.3, 0.4) is 0 Å². The summed E-state index contributed by atoms with van der Waals surface area (Å²) in [7, 11) is 0. The largest absolute Gasteiger partial charge is 0.449 e. The van der Waals surface area contributed by atoms with E-state index in [1.54, 1.807) is 36.4 Å². The number of rotatable bonds is 5. The molecule has 0 aliphatic heterocycles. The van der Waals surface area contributed by atoms with Crippen molar-refractivity contribution in [1.29, 1.82) is 0 Å². The number of benzene rings is 2. The van der Waals surface area contributed by atoms with Crippen molar-refractivity contribution < 1.29 is 19.1 Å². The third-order valence-corrected chi connectivity index (χ3v) is 3.38. The summed E-state index contributed by atoms with van der Waals surface area (Å²) in [4.78, 5) is 35.1. The number of halogens is 1. The van der Waals surface area contributed by atoms with Gasteiger partial charge in [-0.25, -0.2) is 9.59 Å². The third kappa shape index (κ3) is 5.50. The minimum atomic E-state index is -1.02. The van der Waals surface area contributed by atoms with Gasteiger partial charge < -0.3 is 21.1 Å². The topological polar surface area (TPSA) is 111 Å². The Morgan fingerprint density at radius 2 is 1.72 bits per heavy atom. The summed E-state index contributed by atoms with van der Waals surface area (Å²) in [5.74, 6) is -1.19. The molecule has 2 aromatic rings. The summed E-state index contributed by atoms with van der Waals surface area (Å²) in [5, 5.41) is 5.51. The maximum atomic E-state index is 12.1. The molecular weight excluding hydrogens is 346 g/mol. The first kappa shape index (κ1) is 18.3. The normalized spacial score (nSPS) is 11.3. The fraction of sp³-hybridized carbons (Fsp3) is 0.118. The molecule has 0 fully saturated rings. The Morgan fingerprint density at radius 3 is 2.36 bits per heavy atom. The van der Waals surface area contributed by atoms with Crippen molar-refractivity contribution in [3.05, 3.63) is 59.1 Å². The van der Waals surface area contributed by atoms with Gasteiger partial charge in [0, 0.05) is 16.4 Å². The van der Waals surface area contributed by atoms with Crippen molar-refractivity contribution in [3.63, 3.8) is 0 Å². The molecule has 2 rings (SSSR count). The van der Waals surface area contributed by atoms with E-state index < -0.39 is 24.0 Å². The van der Waals surface area contributed by atoms with Crippen LogP contribution in [-0.4, -0.2) is 24.0 Å². The number of hydrogen-bond acceptors (Lipinski definition) is 4. The Morgan fingerprint density at radius 1 is 1.04 bits per heavy atom. The molecule has 130 valence electrons. The fourth-order valence-electron chi connectivity index (χ4n) is 1.93. The van der Waals surface area contributed by atoms with Gasteiger partial charge in [0.05, 0.1) is 5.56 Å². The SMILES string of the molecule is C[C@@H](OC(=O)c1cccc(NC(N)=O)c1)C(=O)Nc1ccc(Cl)cc1. The zero-order chi connectivity index (χ0) is 18.4. The first-order valence-electron chi connectivity index (χ1n) is 7.29. The van der Waals surface area contributed by atoms with Crippen molar-refractivity contribution >= 4 is 40.9 Å². The molecule has 0 aromatic heterocycles. The maximum absolute atomic E-state index is 12.1. The van der Waals surface area contributed by atoms with Gasteiger partial charge in [-0.05, 0) is 49.4 Å². The van der Waals surface area contributed by atoms with Crippen LogP contribution >= 0.6 is 11.6 Å². The number of amides is 3. The van der Waals surface area contributed by atoms with Crippen molar-refractivity contribution in [2.24, 2.45) is 5.73 Å². The zero-order valence-electron chi connectivity index (χ0n) is 13.3. The molecule has 0 aliphatic carbocycles. The summed E-state index contributed by atoms with van der Waals surface area (Å²) in [5.41, 5.74) is 6.08. The van der Waals surface area contributed by atoms with E-state index in [1.165, 1.54) is 19.1 Å². The van der Waals surface area contributed by atoms with Gasteiger partial charge in [0.25, 0.3) is 5.91 Å². The van der Waals surface area contributed by atoms with Gasteiger partial charge in [-0.15, -0.1) is 0 Å². The Balaban J connectivity index is 1.98. The molecule has 3 amide bonds. The number of nitrogens with one attached hydrogen (secondary N) is 2. The summed E-state index contributed by atoms with van der Waals surface area (Å²) < 4.78 is 5.13. The van der Waals surface area contributed by atoms with Crippen molar-refractivity contribution in [2.45, 2.75) is 13.0 Å². The van der Waals surface area contributed by atoms with Crippen LogP contribution in [0.15, 0.2) is 48.5 Å². The van der Waals surface area contributed by atoms with Crippen LogP contribution in [0.1, 0.15) is 17.3 Å². The van der Waals surface area contributed by atoms with Crippen molar-refractivity contribution in [2.75, 3.05) is 10.6 Å². The predicted molar refractivity (Wildman–Crippen MR) is 94.6 cm³/mol. The number of primary amides is 1. The number of urea groups is 1.